The number of amides is 2. The molecule has 1 saturated heterocycles. The molecule has 0 spiro atoms. The van der Waals surface area contributed by atoms with Crippen molar-refractivity contribution in [2.24, 2.45) is 12.0 Å². The highest BCUT2D eigenvalue weighted by Gasteiger charge is 2.34. The molecule has 0 atom stereocenters. The van der Waals surface area contributed by atoms with Crippen molar-refractivity contribution in [3.63, 3.8) is 0 Å². The Morgan fingerprint density at radius 2 is 2.14 bits per heavy atom. The van der Waals surface area contributed by atoms with Crippen LogP contribution in [-0.2, 0) is 13.5 Å². The van der Waals surface area contributed by atoms with Crippen LogP contribution in [0.1, 0.15) is 18.4 Å². The van der Waals surface area contributed by atoms with Crippen LogP contribution in [0, 0.1) is 0 Å². The van der Waals surface area contributed by atoms with Crippen LogP contribution in [-0.4, -0.2) is 64.1 Å². The molecule has 1 aromatic carbocycles. The van der Waals surface area contributed by atoms with Crippen molar-refractivity contribution in [2.75, 3.05) is 26.9 Å². The topological polar surface area (TPSA) is 92.0 Å². The summed E-state index contributed by atoms with van der Waals surface area (Å²) in [6.07, 6.45) is 4.58. The number of aryl methyl sites for hydroxylation is 1. The molecule has 2 aromatic rings. The first-order valence-corrected chi connectivity index (χ1v) is 9.53. The second-order valence-corrected chi connectivity index (χ2v) is 7.56. The molecule has 1 aromatic heterocycles. The minimum absolute atomic E-state index is 0.225. The number of aromatic nitrogens is 2. The first kappa shape index (κ1) is 19.4. The second-order valence-electron chi connectivity index (χ2n) is 7.56. The number of nitrogens with one attached hydrogen (secondary N) is 1. The Hall–Kier alpha value is -2.94. The monoisotopic (exact) mass is 401 g/mol. The van der Waals surface area contributed by atoms with Crippen LogP contribution in [0.3, 0.4) is 0 Å². The minimum Gasteiger partial charge on any atom is -0.496 e. The summed E-state index contributed by atoms with van der Waals surface area (Å²) in [6.45, 7) is -0.186. The molecule has 8 nitrogen and oxygen atoms in total. The number of benzene rings is 1. The molecule has 2 aliphatic heterocycles. The van der Waals surface area contributed by atoms with Gasteiger partial charge in [0.25, 0.3) is 0 Å². The second kappa shape index (κ2) is 7.47. The van der Waals surface area contributed by atoms with Gasteiger partial charge < -0.3 is 14.7 Å². The lowest BCUT2D eigenvalue weighted by atomic mass is 9.93. The van der Waals surface area contributed by atoms with Gasteiger partial charge in [0.05, 0.1) is 24.6 Å². The summed E-state index contributed by atoms with van der Waals surface area (Å²) in [5, 5.41) is 17.1. The predicted octanol–water partition coefficient (Wildman–Crippen LogP) is 2.19. The lowest BCUT2D eigenvalue weighted by molar-refractivity contribution is -0.0299. The van der Waals surface area contributed by atoms with Crippen LogP contribution in [0.25, 0.3) is 11.1 Å². The van der Waals surface area contributed by atoms with Gasteiger partial charge in [-0.1, -0.05) is 0 Å². The van der Waals surface area contributed by atoms with Gasteiger partial charge in [-0.15, -0.1) is 0 Å². The van der Waals surface area contributed by atoms with Crippen LogP contribution in [0.4, 0.5) is 14.9 Å². The lowest BCUT2D eigenvalue weighted by Crippen LogP contribution is -2.51. The number of aliphatic hydroxyl groups is 1. The number of carbonyl (C=O) groups is 1. The largest absolute Gasteiger partial charge is 0.496 e. The highest BCUT2D eigenvalue weighted by Crippen LogP contribution is 2.42. The highest BCUT2D eigenvalue weighted by atomic mass is 19.1. The van der Waals surface area contributed by atoms with Gasteiger partial charge in [-0.3, -0.25) is 10.00 Å². The predicted molar refractivity (Wildman–Crippen MR) is 106 cm³/mol. The van der Waals surface area contributed by atoms with Gasteiger partial charge >= 0.3 is 6.03 Å². The van der Waals surface area contributed by atoms with E-state index in [0.29, 0.717) is 31.1 Å². The number of hydrogen-bond acceptors (Lipinski definition) is 5. The number of rotatable bonds is 3. The number of methoxy groups -OCH3 is 1. The van der Waals surface area contributed by atoms with Crippen molar-refractivity contribution < 1.29 is 19.0 Å². The number of likely N-dealkylation sites (tertiary alicyclic amines) is 1. The normalized spacial score (nSPS) is 17.7. The summed E-state index contributed by atoms with van der Waals surface area (Å²) in [5.41, 5.74) is 2.21. The van der Waals surface area contributed by atoms with Crippen molar-refractivity contribution in [1.29, 1.82) is 0 Å². The molecule has 29 heavy (non-hydrogen) atoms. The molecule has 4 rings (SSSR count). The number of urea groups is 1. The van der Waals surface area contributed by atoms with Crippen molar-refractivity contribution in [1.82, 2.24) is 20.0 Å². The van der Waals surface area contributed by atoms with E-state index in [4.69, 9.17) is 4.74 Å². The minimum atomic E-state index is -1.32. The quantitative estimate of drug-likeness (QED) is 0.825. The molecule has 154 valence electrons. The van der Waals surface area contributed by atoms with Gasteiger partial charge in [-0.25, -0.2) is 14.2 Å². The first-order chi connectivity index (χ1) is 13.9. The Morgan fingerprint density at radius 3 is 2.76 bits per heavy atom. The molecule has 0 unspecified atom stereocenters. The van der Waals surface area contributed by atoms with Gasteiger partial charge in [0.15, 0.2) is 0 Å². The molecule has 0 bridgehead atoms. The number of carbonyl (C=O) groups excluding carboxylic acids is 1. The molecule has 3 heterocycles. The summed E-state index contributed by atoms with van der Waals surface area (Å²) >= 11 is 0. The van der Waals surface area contributed by atoms with Crippen LogP contribution >= 0.6 is 0 Å². The van der Waals surface area contributed by atoms with E-state index in [-0.39, 0.29) is 18.9 Å². The van der Waals surface area contributed by atoms with E-state index in [1.807, 2.05) is 25.4 Å². The van der Waals surface area contributed by atoms with Crippen molar-refractivity contribution in [3.8, 4) is 16.9 Å². The van der Waals surface area contributed by atoms with E-state index in [1.165, 1.54) is 0 Å². The number of ether oxygens (including phenoxy) is 1. The third kappa shape index (κ3) is 3.69. The van der Waals surface area contributed by atoms with Gasteiger partial charge in [-0.2, -0.15) is 5.10 Å². The number of piperidine rings is 1. The SMILES string of the molecule is COc1ccc(-c2cnn(C)c2)c2c1CC(NC(=O)N1CCC(O)(CF)CC1)=N2. The van der Waals surface area contributed by atoms with E-state index < -0.39 is 12.3 Å². The number of nitrogens with zero attached hydrogens (tertiary/aromatic N) is 4. The summed E-state index contributed by atoms with van der Waals surface area (Å²) < 4.78 is 20.1. The Bertz CT molecular complexity index is 963. The van der Waals surface area contributed by atoms with Crippen LogP contribution in [0.5, 0.6) is 5.75 Å². The first-order valence-electron chi connectivity index (χ1n) is 9.53. The molecular weight excluding hydrogens is 377 g/mol. The fourth-order valence-corrected chi connectivity index (χ4v) is 3.78. The number of hydrogen-bond donors (Lipinski definition) is 2. The molecule has 9 heteroatoms. The van der Waals surface area contributed by atoms with Gasteiger partial charge in [0.2, 0.25) is 0 Å². The molecule has 0 aliphatic carbocycles. The highest BCUT2D eigenvalue weighted by molar-refractivity contribution is 6.04. The fourth-order valence-electron chi connectivity index (χ4n) is 3.78. The van der Waals surface area contributed by atoms with Crippen LogP contribution in [0.15, 0.2) is 29.5 Å². The zero-order chi connectivity index (χ0) is 20.6. The number of alkyl halides is 1. The standard InChI is InChI=1S/C20H24FN5O3/c1-25-11-13(10-22-25)14-3-4-16(29-2)15-9-17(23-18(14)15)24-19(27)26-7-5-20(28,12-21)6-8-26/h3-4,10-11,28H,5-9,12H2,1-2H3,(H,23,24,27). The Morgan fingerprint density at radius 1 is 1.38 bits per heavy atom. The summed E-state index contributed by atoms with van der Waals surface area (Å²) in [7, 11) is 3.46. The molecule has 0 saturated carbocycles. The van der Waals surface area contributed by atoms with Crippen molar-refractivity contribution in [2.45, 2.75) is 24.9 Å². The number of amidine groups is 1. The molecule has 2 aliphatic rings. The third-order valence-corrected chi connectivity index (χ3v) is 5.55. The molecule has 1 fully saturated rings. The molecule has 2 N–H and O–H groups in total. The Balaban J connectivity index is 1.53. The third-order valence-electron chi connectivity index (χ3n) is 5.55. The van der Waals surface area contributed by atoms with Crippen LogP contribution < -0.4 is 10.1 Å². The lowest BCUT2D eigenvalue weighted by Gasteiger charge is -2.36. The number of aliphatic imine (C=N–C) groups is 1. The fraction of sp³-hybridized carbons (Fsp3) is 0.450. The molecule has 2 amide bonds. The van der Waals surface area contributed by atoms with E-state index in [2.05, 4.69) is 15.4 Å². The maximum atomic E-state index is 12.9. The zero-order valence-corrected chi connectivity index (χ0v) is 16.5. The van der Waals surface area contributed by atoms with Crippen molar-refractivity contribution >= 4 is 17.6 Å². The average Bonchev–Trinajstić information content (AvgIpc) is 3.33. The van der Waals surface area contributed by atoms with Gasteiger partial charge in [0, 0.05) is 49.4 Å². The Labute approximate surface area is 168 Å². The van der Waals surface area contributed by atoms with E-state index in [9.17, 15) is 14.3 Å². The van der Waals surface area contributed by atoms with Gasteiger partial charge in [0.1, 0.15) is 18.3 Å². The average molecular weight is 401 g/mol. The Kier molecular flexibility index (Phi) is 4.99. The van der Waals surface area contributed by atoms with E-state index in [1.54, 1.807) is 22.9 Å². The summed E-state index contributed by atoms with van der Waals surface area (Å²) in [5.74, 6) is 1.25. The van der Waals surface area contributed by atoms with Gasteiger partial charge in [-0.05, 0) is 25.0 Å². The summed E-state index contributed by atoms with van der Waals surface area (Å²) in [4.78, 5) is 18.9. The van der Waals surface area contributed by atoms with Crippen molar-refractivity contribution in [3.05, 3.63) is 30.1 Å². The van der Waals surface area contributed by atoms with E-state index >= 15 is 0 Å². The zero-order valence-electron chi connectivity index (χ0n) is 16.5. The van der Waals surface area contributed by atoms with E-state index in [0.717, 1.165) is 22.4 Å². The van der Waals surface area contributed by atoms with Crippen LogP contribution in [0.2, 0.25) is 0 Å². The summed E-state index contributed by atoms with van der Waals surface area (Å²) in [6, 6.07) is 3.54. The number of halogens is 1. The smallest absolute Gasteiger partial charge is 0.322 e. The maximum absolute atomic E-state index is 12.9. The number of fused-ring (bicyclic) bond motifs is 1. The maximum Gasteiger partial charge on any atom is 0.322 e. The molecular formula is C20H24FN5O3. The molecule has 0 radical (unpaired) electrons.